The molecule has 3 rings (SSSR count). The van der Waals surface area contributed by atoms with Crippen molar-refractivity contribution in [3.8, 4) is 0 Å². The van der Waals surface area contributed by atoms with Gasteiger partial charge in [0.25, 0.3) is 15.9 Å². The Balaban J connectivity index is 1.97. The first-order valence-electron chi connectivity index (χ1n) is 7.34. The van der Waals surface area contributed by atoms with Crippen molar-refractivity contribution in [1.82, 2.24) is 4.90 Å². The van der Waals surface area contributed by atoms with E-state index < -0.39 is 10.0 Å². The van der Waals surface area contributed by atoms with Gasteiger partial charge in [0.2, 0.25) is 0 Å². The average molecular weight is 440 g/mol. The zero-order valence-corrected chi connectivity index (χ0v) is 16.7. The minimum Gasteiger partial charge on any atom is -0.339 e. The molecule has 25 heavy (non-hydrogen) atoms. The third kappa shape index (κ3) is 4.06. The summed E-state index contributed by atoms with van der Waals surface area (Å²) in [5.41, 5.74) is 0.357. The van der Waals surface area contributed by atoms with E-state index in [-0.39, 0.29) is 30.7 Å². The molecule has 134 valence electrons. The van der Waals surface area contributed by atoms with E-state index in [4.69, 9.17) is 34.8 Å². The summed E-state index contributed by atoms with van der Waals surface area (Å²) in [6, 6.07) is 5.74. The molecule has 0 unspecified atom stereocenters. The number of benzene rings is 1. The molecule has 2 heterocycles. The molecule has 0 radical (unpaired) electrons. The first kappa shape index (κ1) is 18.8. The van der Waals surface area contributed by atoms with Gasteiger partial charge in [-0.3, -0.25) is 9.52 Å². The van der Waals surface area contributed by atoms with Crippen molar-refractivity contribution >= 4 is 67.8 Å². The number of thiophene rings is 1. The zero-order chi connectivity index (χ0) is 18.2. The van der Waals surface area contributed by atoms with Crippen molar-refractivity contribution in [3.05, 3.63) is 43.5 Å². The molecule has 0 bridgehead atoms. The number of halogens is 3. The summed E-state index contributed by atoms with van der Waals surface area (Å²) in [5.74, 6) is -0.235. The van der Waals surface area contributed by atoms with Gasteiger partial charge >= 0.3 is 0 Å². The molecule has 1 amide bonds. The molecule has 1 aromatic heterocycles. The van der Waals surface area contributed by atoms with Crippen LogP contribution in [0.4, 0.5) is 5.69 Å². The number of anilines is 1. The van der Waals surface area contributed by atoms with Gasteiger partial charge in [-0.1, -0.05) is 34.8 Å². The highest BCUT2D eigenvalue weighted by molar-refractivity contribution is 7.93. The average Bonchev–Trinajstić information content (AvgIpc) is 3.16. The number of hydrogen-bond acceptors (Lipinski definition) is 4. The highest BCUT2D eigenvalue weighted by atomic mass is 35.5. The van der Waals surface area contributed by atoms with Crippen LogP contribution in [0, 0.1) is 0 Å². The SMILES string of the molecule is O=C(c1ccc(Cl)cc1NS(=O)(=O)c1cc(Cl)sc1Cl)N1CCCC1. The van der Waals surface area contributed by atoms with Gasteiger partial charge in [0.1, 0.15) is 9.23 Å². The van der Waals surface area contributed by atoms with Crippen LogP contribution in [-0.4, -0.2) is 32.3 Å². The second-order valence-electron chi connectivity index (χ2n) is 5.48. The van der Waals surface area contributed by atoms with Gasteiger partial charge in [0.05, 0.1) is 15.6 Å². The third-order valence-corrected chi connectivity index (χ3v) is 7.12. The molecule has 2 aromatic rings. The van der Waals surface area contributed by atoms with E-state index in [1.807, 2.05) is 0 Å². The predicted molar refractivity (Wildman–Crippen MR) is 102 cm³/mol. The van der Waals surface area contributed by atoms with E-state index in [9.17, 15) is 13.2 Å². The minimum absolute atomic E-state index is 0.0481. The second kappa shape index (κ2) is 7.32. The molecule has 1 saturated heterocycles. The predicted octanol–water partition coefficient (Wildman–Crippen LogP) is 4.75. The van der Waals surface area contributed by atoms with Crippen LogP contribution >= 0.6 is 46.1 Å². The third-order valence-electron chi connectivity index (χ3n) is 3.76. The minimum atomic E-state index is -4.00. The number of carbonyl (C=O) groups excluding carboxylic acids is 1. The summed E-state index contributed by atoms with van der Waals surface area (Å²) in [5, 5.41) is 0.310. The maximum absolute atomic E-state index is 12.7. The van der Waals surface area contributed by atoms with Crippen LogP contribution in [0.25, 0.3) is 0 Å². The van der Waals surface area contributed by atoms with E-state index in [0.717, 1.165) is 24.2 Å². The maximum Gasteiger partial charge on any atom is 0.264 e. The molecule has 0 atom stereocenters. The lowest BCUT2D eigenvalue weighted by molar-refractivity contribution is 0.0794. The highest BCUT2D eigenvalue weighted by Crippen LogP contribution is 2.36. The number of rotatable bonds is 4. The maximum atomic E-state index is 12.7. The fourth-order valence-electron chi connectivity index (χ4n) is 2.59. The fourth-order valence-corrected chi connectivity index (χ4v) is 5.98. The number of nitrogens with one attached hydrogen (secondary N) is 1. The molecule has 1 aliphatic rings. The Bertz CT molecular complexity index is 922. The highest BCUT2D eigenvalue weighted by Gasteiger charge is 2.26. The summed E-state index contributed by atoms with van der Waals surface area (Å²) in [7, 11) is -4.00. The summed E-state index contributed by atoms with van der Waals surface area (Å²) in [6.45, 7) is 1.30. The van der Waals surface area contributed by atoms with Gasteiger partial charge < -0.3 is 4.90 Å². The molecule has 5 nitrogen and oxygen atoms in total. The smallest absolute Gasteiger partial charge is 0.264 e. The van der Waals surface area contributed by atoms with Crippen LogP contribution in [0.2, 0.25) is 13.7 Å². The Kier molecular flexibility index (Phi) is 5.51. The topological polar surface area (TPSA) is 66.5 Å². The molecule has 0 saturated carbocycles. The van der Waals surface area contributed by atoms with Crippen LogP contribution in [0.1, 0.15) is 23.2 Å². The number of carbonyl (C=O) groups is 1. The fraction of sp³-hybridized carbons (Fsp3) is 0.267. The Hall–Kier alpha value is -0.990. The number of hydrogen-bond donors (Lipinski definition) is 1. The standard InChI is InChI=1S/C15H13Cl3N2O3S2/c16-9-3-4-10(15(21)20-5-1-2-6-20)11(7-9)19-25(22,23)12-8-13(17)24-14(12)18/h3-4,7-8,19H,1-2,5-6H2. The number of sulfonamides is 1. The summed E-state index contributed by atoms with van der Waals surface area (Å²) < 4.78 is 28.0. The Morgan fingerprint density at radius 2 is 1.80 bits per heavy atom. The summed E-state index contributed by atoms with van der Waals surface area (Å²) in [6.07, 6.45) is 1.87. The number of likely N-dealkylation sites (tertiary alicyclic amines) is 1. The number of nitrogens with zero attached hydrogens (tertiary/aromatic N) is 1. The second-order valence-corrected chi connectivity index (χ2v) is 9.86. The lowest BCUT2D eigenvalue weighted by Gasteiger charge is -2.18. The molecule has 1 fully saturated rings. The quantitative estimate of drug-likeness (QED) is 0.748. The first-order chi connectivity index (χ1) is 11.8. The first-order valence-corrected chi connectivity index (χ1v) is 10.8. The lowest BCUT2D eigenvalue weighted by Crippen LogP contribution is -2.28. The van der Waals surface area contributed by atoms with Crippen LogP contribution < -0.4 is 4.72 Å². The van der Waals surface area contributed by atoms with Crippen molar-refractivity contribution in [1.29, 1.82) is 0 Å². The van der Waals surface area contributed by atoms with Crippen molar-refractivity contribution in [2.45, 2.75) is 17.7 Å². The van der Waals surface area contributed by atoms with E-state index >= 15 is 0 Å². The normalized spacial score (nSPS) is 14.8. The van der Waals surface area contributed by atoms with E-state index in [1.54, 1.807) is 11.0 Å². The van der Waals surface area contributed by atoms with Gasteiger partial charge in [-0.25, -0.2) is 8.42 Å². The number of amides is 1. The zero-order valence-electron chi connectivity index (χ0n) is 12.8. The van der Waals surface area contributed by atoms with Gasteiger partial charge in [-0.2, -0.15) is 0 Å². The van der Waals surface area contributed by atoms with Gasteiger partial charge in [0, 0.05) is 18.1 Å². The molecular weight excluding hydrogens is 427 g/mol. The lowest BCUT2D eigenvalue weighted by atomic mass is 10.1. The van der Waals surface area contributed by atoms with Crippen molar-refractivity contribution in [2.24, 2.45) is 0 Å². The monoisotopic (exact) mass is 438 g/mol. The van der Waals surface area contributed by atoms with E-state index in [2.05, 4.69) is 4.72 Å². The van der Waals surface area contributed by atoms with Gasteiger partial charge in [0.15, 0.2) is 0 Å². The Labute approximate surface area is 164 Å². The van der Waals surface area contributed by atoms with Crippen molar-refractivity contribution < 1.29 is 13.2 Å². The molecule has 0 spiro atoms. The molecule has 1 aromatic carbocycles. The van der Waals surface area contributed by atoms with E-state index in [0.29, 0.717) is 18.1 Å². The van der Waals surface area contributed by atoms with Crippen LogP contribution in [0.15, 0.2) is 29.2 Å². The van der Waals surface area contributed by atoms with Crippen molar-refractivity contribution in [2.75, 3.05) is 17.8 Å². The molecule has 0 aliphatic carbocycles. The Morgan fingerprint density at radius 3 is 2.40 bits per heavy atom. The molecular formula is C15H13Cl3N2O3S2. The molecule has 1 aliphatic heterocycles. The van der Waals surface area contributed by atoms with Crippen LogP contribution in [0.5, 0.6) is 0 Å². The largest absolute Gasteiger partial charge is 0.339 e. The Morgan fingerprint density at radius 1 is 1.12 bits per heavy atom. The van der Waals surface area contributed by atoms with E-state index in [1.165, 1.54) is 18.2 Å². The summed E-state index contributed by atoms with van der Waals surface area (Å²) in [4.78, 5) is 14.2. The molecule has 1 N–H and O–H groups in total. The van der Waals surface area contributed by atoms with Gasteiger partial charge in [-0.05, 0) is 37.1 Å². The van der Waals surface area contributed by atoms with Crippen LogP contribution in [0.3, 0.4) is 0 Å². The summed E-state index contributed by atoms with van der Waals surface area (Å²) >= 11 is 18.7. The van der Waals surface area contributed by atoms with Crippen LogP contribution in [-0.2, 0) is 10.0 Å². The van der Waals surface area contributed by atoms with Crippen molar-refractivity contribution in [3.63, 3.8) is 0 Å². The molecule has 10 heteroatoms. The van der Waals surface area contributed by atoms with Gasteiger partial charge in [-0.15, -0.1) is 11.3 Å².